The Labute approximate surface area is 118 Å². The van der Waals surface area contributed by atoms with Crippen molar-refractivity contribution < 1.29 is 4.74 Å². The summed E-state index contributed by atoms with van der Waals surface area (Å²) in [6.45, 7) is 4.23. The molecule has 3 unspecified atom stereocenters. The summed E-state index contributed by atoms with van der Waals surface area (Å²) < 4.78 is 7.60. The van der Waals surface area contributed by atoms with Gasteiger partial charge in [0.15, 0.2) is 0 Å². The van der Waals surface area contributed by atoms with Gasteiger partial charge >= 0.3 is 0 Å². The number of hydrogen-bond donors (Lipinski definition) is 0. The van der Waals surface area contributed by atoms with Crippen molar-refractivity contribution in [3.05, 3.63) is 24.0 Å². The molecule has 1 fully saturated rings. The van der Waals surface area contributed by atoms with Crippen LogP contribution in [0, 0.1) is 5.92 Å². The summed E-state index contributed by atoms with van der Waals surface area (Å²) in [5.41, 5.74) is 2.15. The Morgan fingerprint density at radius 1 is 1.53 bits per heavy atom. The minimum Gasteiger partial charge on any atom is -0.497 e. The highest BCUT2D eigenvalue weighted by molar-refractivity contribution is 6.20. The second-order valence-electron chi connectivity index (χ2n) is 5.28. The van der Waals surface area contributed by atoms with Gasteiger partial charge in [0.25, 0.3) is 0 Å². The van der Waals surface area contributed by atoms with Crippen LogP contribution in [-0.4, -0.2) is 16.7 Å². The van der Waals surface area contributed by atoms with Crippen molar-refractivity contribution in [1.29, 1.82) is 0 Å². The number of imidazole rings is 1. The molecule has 0 saturated heterocycles. The number of rotatable bonds is 4. The number of hydrogen-bond acceptors (Lipinski definition) is 2. The molecule has 1 aliphatic carbocycles. The summed E-state index contributed by atoms with van der Waals surface area (Å²) in [5, 5.41) is -0.0727. The molecule has 0 radical (unpaired) electrons. The Hall–Kier alpha value is -1.22. The van der Waals surface area contributed by atoms with Gasteiger partial charge in [-0.3, -0.25) is 0 Å². The largest absolute Gasteiger partial charge is 0.497 e. The van der Waals surface area contributed by atoms with Crippen LogP contribution in [0.4, 0.5) is 0 Å². The first-order valence-electron chi connectivity index (χ1n) is 6.85. The number of fused-ring (bicyclic) bond motifs is 1. The van der Waals surface area contributed by atoms with Gasteiger partial charge in [-0.05, 0) is 31.4 Å². The van der Waals surface area contributed by atoms with Crippen LogP contribution in [0.2, 0.25) is 0 Å². The summed E-state index contributed by atoms with van der Waals surface area (Å²) in [4.78, 5) is 4.70. The highest BCUT2D eigenvalue weighted by Gasteiger charge is 2.39. The molecule has 3 nitrogen and oxygen atoms in total. The fourth-order valence-corrected chi connectivity index (χ4v) is 2.99. The van der Waals surface area contributed by atoms with E-state index in [2.05, 4.69) is 17.6 Å². The summed E-state index contributed by atoms with van der Waals surface area (Å²) >= 11 is 6.30. The van der Waals surface area contributed by atoms with E-state index in [0.29, 0.717) is 6.04 Å². The maximum absolute atomic E-state index is 6.30. The molecule has 102 valence electrons. The molecule has 0 spiro atoms. The number of alkyl halides is 1. The summed E-state index contributed by atoms with van der Waals surface area (Å²) in [6, 6.07) is 6.64. The van der Waals surface area contributed by atoms with E-state index in [9.17, 15) is 0 Å². The maximum Gasteiger partial charge on any atom is 0.127 e. The van der Waals surface area contributed by atoms with Crippen LogP contribution in [0.3, 0.4) is 0 Å². The first kappa shape index (κ1) is 12.8. The number of nitrogens with zero attached hydrogens (tertiary/aromatic N) is 2. The van der Waals surface area contributed by atoms with E-state index in [1.165, 1.54) is 18.4 Å². The zero-order valence-electron chi connectivity index (χ0n) is 11.6. The van der Waals surface area contributed by atoms with Gasteiger partial charge in [0, 0.05) is 12.1 Å². The van der Waals surface area contributed by atoms with Gasteiger partial charge in [-0.2, -0.15) is 0 Å². The first-order chi connectivity index (χ1) is 9.15. The van der Waals surface area contributed by atoms with Gasteiger partial charge in [0.05, 0.1) is 23.5 Å². The molecule has 1 aromatic carbocycles. The molecule has 0 aliphatic heterocycles. The second-order valence-corrected chi connectivity index (χ2v) is 5.94. The molecule has 1 aliphatic rings. The van der Waals surface area contributed by atoms with Gasteiger partial charge in [-0.1, -0.05) is 13.3 Å². The lowest BCUT2D eigenvalue weighted by atomic mass is 10.3. The molecule has 0 N–H and O–H groups in total. The van der Waals surface area contributed by atoms with Crippen molar-refractivity contribution >= 4 is 22.6 Å². The Balaban J connectivity index is 2.14. The molecule has 1 heterocycles. The van der Waals surface area contributed by atoms with E-state index in [-0.39, 0.29) is 5.38 Å². The normalized spacial score (nSPS) is 23.6. The Bertz CT molecular complexity index is 605. The molecule has 19 heavy (non-hydrogen) atoms. The van der Waals surface area contributed by atoms with Crippen LogP contribution in [0.1, 0.15) is 43.9 Å². The highest BCUT2D eigenvalue weighted by Crippen LogP contribution is 2.48. The molecule has 0 bridgehead atoms. The third-order valence-corrected chi connectivity index (χ3v) is 4.22. The van der Waals surface area contributed by atoms with Gasteiger partial charge < -0.3 is 9.30 Å². The molecule has 0 amide bonds. The second kappa shape index (κ2) is 4.71. The van der Waals surface area contributed by atoms with Crippen LogP contribution in [0.25, 0.3) is 11.0 Å². The van der Waals surface area contributed by atoms with E-state index in [1.807, 2.05) is 19.1 Å². The molecule has 2 aromatic rings. The Morgan fingerprint density at radius 3 is 2.89 bits per heavy atom. The van der Waals surface area contributed by atoms with Gasteiger partial charge in [0.2, 0.25) is 0 Å². The van der Waals surface area contributed by atoms with Crippen molar-refractivity contribution in [2.24, 2.45) is 5.92 Å². The van der Waals surface area contributed by atoms with Crippen molar-refractivity contribution in [2.75, 3.05) is 7.11 Å². The van der Waals surface area contributed by atoms with Crippen molar-refractivity contribution in [3.8, 4) is 5.75 Å². The van der Waals surface area contributed by atoms with Gasteiger partial charge in [0.1, 0.15) is 11.6 Å². The maximum atomic E-state index is 6.30. The number of methoxy groups -OCH3 is 1. The molecule has 1 aromatic heterocycles. The summed E-state index contributed by atoms with van der Waals surface area (Å²) in [7, 11) is 1.68. The van der Waals surface area contributed by atoms with E-state index in [4.69, 9.17) is 21.3 Å². The molecular weight excluding hydrogens is 260 g/mol. The predicted octanol–water partition coefficient (Wildman–Crippen LogP) is 4.32. The predicted molar refractivity (Wildman–Crippen MR) is 78.0 cm³/mol. The van der Waals surface area contributed by atoms with Crippen molar-refractivity contribution in [2.45, 2.75) is 38.1 Å². The third-order valence-electron chi connectivity index (χ3n) is 4.02. The van der Waals surface area contributed by atoms with Gasteiger partial charge in [-0.25, -0.2) is 4.98 Å². The van der Waals surface area contributed by atoms with Crippen LogP contribution >= 0.6 is 11.6 Å². The van der Waals surface area contributed by atoms with Gasteiger partial charge in [-0.15, -0.1) is 11.6 Å². The summed E-state index contributed by atoms with van der Waals surface area (Å²) in [5.74, 6) is 2.59. The lowest BCUT2D eigenvalue weighted by molar-refractivity contribution is 0.415. The Morgan fingerprint density at radius 2 is 2.32 bits per heavy atom. The molecule has 1 saturated carbocycles. The minimum atomic E-state index is -0.0727. The number of aromatic nitrogens is 2. The molecular formula is C15H19ClN2O. The summed E-state index contributed by atoms with van der Waals surface area (Å²) in [6.07, 6.45) is 2.46. The number of halogens is 1. The molecule has 3 rings (SSSR count). The average molecular weight is 279 g/mol. The van der Waals surface area contributed by atoms with E-state index in [1.54, 1.807) is 7.11 Å². The minimum absolute atomic E-state index is 0.0727. The zero-order valence-corrected chi connectivity index (χ0v) is 12.3. The monoisotopic (exact) mass is 278 g/mol. The number of benzene rings is 1. The van der Waals surface area contributed by atoms with E-state index in [0.717, 1.165) is 23.0 Å². The lowest BCUT2D eigenvalue weighted by Crippen LogP contribution is -2.03. The van der Waals surface area contributed by atoms with Crippen molar-refractivity contribution in [3.63, 3.8) is 0 Å². The van der Waals surface area contributed by atoms with Crippen molar-refractivity contribution in [1.82, 2.24) is 9.55 Å². The van der Waals surface area contributed by atoms with E-state index < -0.39 is 0 Å². The van der Waals surface area contributed by atoms with Crippen LogP contribution in [-0.2, 0) is 0 Å². The zero-order chi connectivity index (χ0) is 13.6. The Kier molecular flexibility index (Phi) is 3.17. The SMILES string of the molecule is CCC1CC1n1c(C(C)Cl)nc2cc(OC)ccc21. The first-order valence-corrected chi connectivity index (χ1v) is 7.29. The highest BCUT2D eigenvalue weighted by atomic mass is 35.5. The molecule has 3 atom stereocenters. The fourth-order valence-electron chi connectivity index (χ4n) is 2.84. The van der Waals surface area contributed by atoms with Crippen LogP contribution < -0.4 is 4.74 Å². The van der Waals surface area contributed by atoms with Crippen LogP contribution in [0.15, 0.2) is 18.2 Å². The number of ether oxygens (including phenoxy) is 1. The third kappa shape index (κ3) is 2.10. The average Bonchev–Trinajstić information content (AvgIpc) is 3.09. The van der Waals surface area contributed by atoms with Crippen LogP contribution in [0.5, 0.6) is 5.75 Å². The molecule has 4 heteroatoms. The fraction of sp³-hybridized carbons (Fsp3) is 0.533. The van der Waals surface area contributed by atoms with E-state index >= 15 is 0 Å². The topological polar surface area (TPSA) is 27.1 Å². The standard InChI is InChI=1S/C15H19ClN2O/c1-4-10-7-14(10)18-13-6-5-11(19-3)8-12(13)17-15(18)9(2)16/h5-6,8-10,14H,4,7H2,1-3H3. The smallest absolute Gasteiger partial charge is 0.127 e. The lowest BCUT2D eigenvalue weighted by Gasteiger charge is -2.10. The quantitative estimate of drug-likeness (QED) is 0.779.